The highest BCUT2D eigenvalue weighted by Gasteiger charge is 2.23. The molecule has 3 rings (SSSR count). The van der Waals surface area contributed by atoms with Crippen molar-refractivity contribution in [2.75, 3.05) is 13.7 Å². The molecular weight excluding hydrogens is 424 g/mol. The first-order valence-electron chi connectivity index (χ1n) is 9.55. The topological polar surface area (TPSA) is 80.3 Å². The van der Waals surface area contributed by atoms with Crippen LogP contribution in [0.3, 0.4) is 0 Å². The van der Waals surface area contributed by atoms with Crippen LogP contribution in [-0.4, -0.2) is 30.5 Å². The molecule has 1 heterocycles. The number of carbonyl (C=O) groups excluding carboxylic acids is 2. The van der Waals surface area contributed by atoms with Gasteiger partial charge in [0, 0.05) is 12.4 Å². The molecule has 31 heavy (non-hydrogen) atoms. The molecule has 2 aromatic carbocycles. The Bertz CT molecular complexity index is 1090. The van der Waals surface area contributed by atoms with Gasteiger partial charge in [0.1, 0.15) is 16.8 Å². The number of nitrogens with one attached hydrogen (secondary N) is 2. The molecule has 0 saturated heterocycles. The molecule has 0 saturated carbocycles. The number of ether oxygens (including phenoxy) is 1. The van der Waals surface area contributed by atoms with Crippen LogP contribution < -0.4 is 15.4 Å². The predicted molar refractivity (Wildman–Crippen MR) is 114 cm³/mol. The van der Waals surface area contributed by atoms with Crippen LogP contribution in [0.2, 0.25) is 0 Å². The number of para-hydroxylation sites is 1. The van der Waals surface area contributed by atoms with E-state index in [0.29, 0.717) is 23.1 Å². The molecule has 0 aliphatic carbocycles. The Hall–Kier alpha value is -3.33. The first-order valence-corrected chi connectivity index (χ1v) is 10.4. The molecule has 1 unspecified atom stereocenters. The van der Waals surface area contributed by atoms with Gasteiger partial charge in [0.25, 0.3) is 0 Å². The van der Waals surface area contributed by atoms with Crippen molar-refractivity contribution in [3.8, 4) is 16.3 Å². The van der Waals surface area contributed by atoms with Gasteiger partial charge in [0.05, 0.1) is 24.3 Å². The summed E-state index contributed by atoms with van der Waals surface area (Å²) in [4.78, 5) is 29.3. The van der Waals surface area contributed by atoms with Crippen molar-refractivity contribution in [3.63, 3.8) is 0 Å². The third kappa shape index (κ3) is 5.43. The van der Waals surface area contributed by atoms with E-state index in [-0.39, 0.29) is 12.0 Å². The van der Waals surface area contributed by atoms with E-state index in [1.54, 1.807) is 5.38 Å². The molecule has 0 radical (unpaired) electrons. The number of halogens is 2. The van der Waals surface area contributed by atoms with E-state index in [4.69, 9.17) is 4.74 Å². The maximum absolute atomic E-state index is 13.6. The Morgan fingerprint density at radius 1 is 1.16 bits per heavy atom. The quantitative estimate of drug-likeness (QED) is 0.555. The minimum atomic E-state index is -1.16. The fourth-order valence-corrected chi connectivity index (χ4v) is 3.80. The van der Waals surface area contributed by atoms with Gasteiger partial charge in [-0.15, -0.1) is 11.3 Å². The fraction of sp³-hybridized carbons (Fsp3) is 0.227. The monoisotopic (exact) mass is 445 g/mol. The van der Waals surface area contributed by atoms with Crippen LogP contribution >= 0.6 is 11.3 Å². The molecule has 9 heteroatoms. The number of hydrogen-bond donors (Lipinski definition) is 2. The molecule has 1 aromatic heterocycles. The van der Waals surface area contributed by atoms with Gasteiger partial charge in [-0.2, -0.15) is 0 Å². The second-order valence-electron chi connectivity index (χ2n) is 6.54. The van der Waals surface area contributed by atoms with Crippen molar-refractivity contribution in [1.29, 1.82) is 0 Å². The van der Waals surface area contributed by atoms with Crippen LogP contribution in [0.15, 0.2) is 47.8 Å². The summed E-state index contributed by atoms with van der Waals surface area (Å²) in [6.07, 6.45) is -0.0789. The molecule has 0 aliphatic rings. The Labute approximate surface area is 182 Å². The second kappa shape index (κ2) is 10.1. The van der Waals surface area contributed by atoms with Gasteiger partial charge in [-0.05, 0) is 36.8 Å². The predicted octanol–water partition coefficient (Wildman–Crippen LogP) is 3.63. The molecule has 3 aromatic rings. The van der Waals surface area contributed by atoms with Crippen LogP contribution in [0.5, 0.6) is 5.75 Å². The van der Waals surface area contributed by atoms with E-state index in [2.05, 4.69) is 15.6 Å². The lowest BCUT2D eigenvalue weighted by atomic mass is 10.1. The summed E-state index contributed by atoms with van der Waals surface area (Å²) in [5.41, 5.74) is 1.48. The lowest BCUT2D eigenvalue weighted by molar-refractivity contribution is -0.128. The highest BCUT2D eigenvalue weighted by atomic mass is 32.1. The molecule has 0 fully saturated rings. The van der Waals surface area contributed by atoms with Gasteiger partial charge in [-0.1, -0.05) is 18.2 Å². The Morgan fingerprint density at radius 3 is 2.65 bits per heavy atom. The van der Waals surface area contributed by atoms with Crippen LogP contribution in [-0.2, 0) is 16.0 Å². The minimum absolute atomic E-state index is 0.0789. The number of hydrogen-bond acceptors (Lipinski definition) is 5. The highest BCUT2D eigenvalue weighted by Crippen LogP contribution is 2.32. The largest absolute Gasteiger partial charge is 0.493 e. The van der Waals surface area contributed by atoms with E-state index in [1.807, 2.05) is 31.2 Å². The third-order valence-corrected chi connectivity index (χ3v) is 5.33. The number of carbonyl (C=O) groups is 2. The summed E-state index contributed by atoms with van der Waals surface area (Å²) >= 11 is 1.37. The van der Waals surface area contributed by atoms with Crippen molar-refractivity contribution in [2.24, 2.45) is 0 Å². The molecular formula is C22H21F2N3O3S. The molecule has 6 nitrogen and oxygen atoms in total. The first kappa shape index (κ1) is 22.4. The maximum atomic E-state index is 13.6. The zero-order valence-corrected chi connectivity index (χ0v) is 17.8. The van der Waals surface area contributed by atoms with Gasteiger partial charge >= 0.3 is 0 Å². The molecule has 2 amide bonds. The van der Waals surface area contributed by atoms with E-state index >= 15 is 0 Å². The molecule has 1 atom stereocenters. The highest BCUT2D eigenvalue weighted by molar-refractivity contribution is 7.13. The van der Waals surface area contributed by atoms with Crippen LogP contribution in [0, 0.1) is 11.6 Å². The molecule has 2 N–H and O–H groups in total. The molecule has 0 aliphatic heterocycles. The molecule has 162 valence electrons. The average Bonchev–Trinajstić information content (AvgIpc) is 3.22. The summed E-state index contributed by atoms with van der Waals surface area (Å²) in [6.45, 7) is 2.41. The smallest absolute Gasteiger partial charge is 0.246 e. The van der Waals surface area contributed by atoms with Gasteiger partial charge in [-0.25, -0.2) is 13.8 Å². The van der Waals surface area contributed by atoms with Gasteiger partial charge in [0.2, 0.25) is 11.8 Å². The number of nitrogens with zero attached hydrogens (tertiary/aromatic N) is 1. The zero-order valence-electron chi connectivity index (χ0n) is 16.9. The average molecular weight is 445 g/mol. The zero-order chi connectivity index (χ0) is 22.4. The van der Waals surface area contributed by atoms with Crippen molar-refractivity contribution in [2.45, 2.75) is 19.4 Å². The normalized spacial score (nSPS) is 11.6. The van der Waals surface area contributed by atoms with Crippen molar-refractivity contribution < 1.29 is 23.1 Å². The van der Waals surface area contributed by atoms with Crippen molar-refractivity contribution in [1.82, 2.24) is 15.6 Å². The Balaban J connectivity index is 1.75. The standard InChI is InChI=1S/C22H21F2N3O3S/c1-3-30-18-7-5-4-6-15(18)22-26-14(12-31-22)11-19(28)27-20(21(29)25-2)13-8-9-16(23)17(24)10-13/h4-10,12,20H,3,11H2,1-2H3,(H,25,29)(H,27,28). The second-order valence-corrected chi connectivity index (χ2v) is 7.40. The van der Waals surface area contributed by atoms with E-state index in [0.717, 1.165) is 17.7 Å². The summed E-state index contributed by atoms with van der Waals surface area (Å²) < 4.78 is 32.5. The van der Waals surface area contributed by atoms with Gasteiger partial charge in [0.15, 0.2) is 11.6 Å². The fourth-order valence-electron chi connectivity index (χ4n) is 2.95. The molecule has 0 spiro atoms. The number of rotatable bonds is 8. The van der Waals surface area contributed by atoms with Gasteiger partial charge in [-0.3, -0.25) is 9.59 Å². The lowest BCUT2D eigenvalue weighted by Crippen LogP contribution is -2.39. The summed E-state index contributed by atoms with van der Waals surface area (Å²) in [5, 5.41) is 7.43. The third-order valence-electron chi connectivity index (χ3n) is 4.40. The molecule has 0 bridgehead atoms. The minimum Gasteiger partial charge on any atom is -0.493 e. The first-order chi connectivity index (χ1) is 14.9. The number of amides is 2. The Kier molecular flexibility index (Phi) is 7.30. The number of likely N-dealkylation sites (N-methyl/N-ethyl adjacent to an activating group) is 1. The van der Waals surface area contributed by atoms with E-state index < -0.39 is 29.5 Å². The Morgan fingerprint density at radius 2 is 1.94 bits per heavy atom. The van der Waals surface area contributed by atoms with Gasteiger partial charge < -0.3 is 15.4 Å². The van der Waals surface area contributed by atoms with Crippen molar-refractivity contribution >= 4 is 23.2 Å². The number of thiazole rings is 1. The van der Waals surface area contributed by atoms with Crippen LogP contribution in [0.1, 0.15) is 24.2 Å². The summed E-state index contributed by atoms with van der Waals surface area (Å²) in [5.74, 6) is -2.46. The lowest BCUT2D eigenvalue weighted by Gasteiger charge is -2.17. The summed E-state index contributed by atoms with van der Waals surface area (Å²) in [6, 6.07) is 9.38. The SMILES string of the molecule is CCOc1ccccc1-c1nc(CC(=O)NC(C(=O)NC)c2ccc(F)c(F)c2)cs1. The van der Waals surface area contributed by atoms with Crippen LogP contribution in [0.25, 0.3) is 10.6 Å². The van der Waals surface area contributed by atoms with Crippen molar-refractivity contribution in [3.05, 3.63) is 70.7 Å². The number of aromatic nitrogens is 1. The van der Waals surface area contributed by atoms with E-state index in [1.165, 1.54) is 24.5 Å². The van der Waals surface area contributed by atoms with Crippen LogP contribution in [0.4, 0.5) is 8.78 Å². The van der Waals surface area contributed by atoms with E-state index in [9.17, 15) is 18.4 Å². The number of benzene rings is 2. The maximum Gasteiger partial charge on any atom is 0.246 e. The summed E-state index contributed by atoms with van der Waals surface area (Å²) in [7, 11) is 1.39.